The van der Waals surface area contributed by atoms with Gasteiger partial charge in [0.1, 0.15) is 5.03 Å². The third-order valence-corrected chi connectivity index (χ3v) is 3.26. The number of nitrogens with zero attached hydrogens (tertiary/aromatic N) is 6. The first-order valence-corrected chi connectivity index (χ1v) is 6.42. The molecule has 0 N–H and O–H groups in total. The molecule has 0 amide bonds. The summed E-state index contributed by atoms with van der Waals surface area (Å²) < 4.78 is 1.78. The number of rotatable bonds is 3. The van der Waals surface area contributed by atoms with Gasteiger partial charge in [-0.25, -0.2) is 0 Å². The molecule has 0 fully saturated rings. The fourth-order valence-corrected chi connectivity index (χ4v) is 2.40. The van der Waals surface area contributed by atoms with Crippen molar-refractivity contribution in [3.05, 3.63) is 17.0 Å². The van der Waals surface area contributed by atoms with Crippen molar-refractivity contribution in [2.75, 3.05) is 19.0 Å². The van der Waals surface area contributed by atoms with Crippen LogP contribution < -0.4 is 4.90 Å². The van der Waals surface area contributed by atoms with Crippen molar-refractivity contribution >= 4 is 29.3 Å². The lowest BCUT2D eigenvalue weighted by Crippen LogP contribution is -2.13. The maximum absolute atomic E-state index is 5.88. The first-order chi connectivity index (χ1) is 8.45. The summed E-state index contributed by atoms with van der Waals surface area (Å²) in [6, 6.07) is 1.97. The van der Waals surface area contributed by atoms with Crippen LogP contribution in [-0.4, -0.2) is 38.8 Å². The van der Waals surface area contributed by atoms with Gasteiger partial charge in [-0.15, -0.1) is 0 Å². The minimum Gasteiger partial charge on any atom is -0.347 e. The molecule has 2 heterocycles. The number of aromatic nitrogens is 5. The number of hydrogen-bond donors (Lipinski definition) is 0. The van der Waals surface area contributed by atoms with Gasteiger partial charge in [0.25, 0.3) is 0 Å². The van der Waals surface area contributed by atoms with Crippen molar-refractivity contribution < 1.29 is 0 Å². The lowest BCUT2D eigenvalue weighted by atomic mass is 10.5. The third-order valence-electron chi connectivity index (χ3n) is 2.13. The average Bonchev–Trinajstić information content (AvgIpc) is 2.56. The maximum atomic E-state index is 5.88. The highest BCUT2D eigenvalue weighted by Gasteiger charge is 2.11. The SMILES string of the molecule is Cc1cc(Sc2nc(Cl)nc(N(C)C)n2)n(C)n1. The van der Waals surface area contributed by atoms with Crippen LogP contribution in [-0.2, 0) is 7.05 Å². The van der Waals surface area contributed by atoms with Gasteiger partial charge < -0.3 is 4.90 Å². The first kappa shape index (κ1) is 13.1. The van der Waals surface area contributed by atoms with Crippen LogP contribution in [0.15, 0.2) is 16.2 Å². The van der Waals surface area contributed by atoms with Gasteiger partial charge in [0.05, 0.1) is 5.69 Å². The molecule has 2 aromatic heterocycles. The molecule has 0 aliphatic heterocycles. The topological polar surface area (TPSA) is 59.7 Å². The minimum absolute atomic E-state index is 0.190. The second kappa shape index (κ2) is 5.11. The predicted molar refractivity (Wildman–Crippen MR) is 71.2 cm³/mol. The van der Waals surface area contributed by atoms with E-state index in [9.17, 15) is 0 Å². The van der Waals surface area contributed by atoms with Crippen LogP contribution in [0.2, 0.25) is 5.28 Å². The van der Waals surface area contributed by atoms with Crippen molar-refractivity contribution in [1.82, 2.24) is 24.7 Å². The molecule has 0 unspecified atom stereocenters. The molecule has 0 aliphatic rings. The molecule has 18 heavy (non-hydrogen) atoms. The Morgan fingerprint density at radius 3 is 2.56 bits per heavy atom. The van der Waals surface area contributed by atoms with Gasteiger partial charge in [-0.1, -0.05) is 0 Å². The Morgan fingerprint density at radius 2 is 2.00 bits per heavy atom. The zero-order valence-corrected chi connectivity index (χ0v) is 12.1. The van der Waals surface area contributed by atoms with Gasteiger partial charge >= 0.3 is 0 Å². The summed E-state index contributed by atoms with van der Waals surface area (Å²) >= 11 is 7.29. The van der Waals surface area contributed by atoms with E-state index in [1.807, 2.05) is 34.1 Å². The van der Waals surface area contributed by atoms with Crippen molar-refractivity contribution in [3.8, 4) is 0 Å². The molecule has 96 valence electrons. The summed E-state index contributed by atoms with van der Waals surface area (Å²) in [4.78, 5) is 14.2. The van der Waals surface area contributed by atoms with E-state index < -0.39 is 0 Å². The van der Waals surface area contributed by atoms with E-state index in [0.717, 1.165) is 10.7 Å². The standard InChI is InChI=1S/C10H13ClN6S/c1-6-5-7(17(4)15-6)18-10-13-8(11)12-9(14-10)16(2)3/h5H,1-4H3. The molecule has 6 nitrogen and oxygen atoms in total. The van der Waals surface area contributed by atoms with E-state index in [2.05, 4.69) is 20.1 Å². The average molecular weight is 285 g/mol. The quantitative estimate of drug-likeness (QED) is 0.856. The fourth-order valence-electron chi connectivity index (χ4n) is 1.34. The molecule has 0 spiro atoms. The smallest absolute Gasteiger partial charge is 0.230 e. The van der Waals surface area contributed by atoms with Crippen LogP contribution in [0, 0.1) is 6.92 Å². The van der Waals surface area contributed by atoms with Crippen molar-refractivity contribution in [3.63, 3.8) is 0 Å². The summed E-state index contributed by atoms with van der Waals surface area (Å²) in [6.07, 6.45) is 0. The second-order valence-electron chi connectivity index (χ2n) is 3.93. The monoisotopic (exact) mass is 284 g/mol. The highest BCUT2D eigenvalue weighted by Crippen LogP contribution is 2.26. The van der Waals surface area contributed by atoms with E-state index in [-0.39, 0.29) is 5.28 Å². The van der Waals surface area contributed by atoms with Crippen molar-refractivity contribution in [2.45, 2.75) is 17.1 Å². The highest BCUT2D eigenvalue weighted by molar-refractivity contribution is 7.99. The zero-order valence-electron chi connectivity index (χ0n) is 10.5. The number of aryl methyl sites for hydroxylation is 2. The molecule has 0 bridgehead atoms. The molecule has 0 saturated heterocycles. The molecule has 2 aromatic rings. The van der Waals surface area contributed by atoms with Crippen LogP contribution >= 0.6 is 23.4 Å². The Morgan fingerprint density at radius 1 is 1.28 bits per heavy atom. The van der Waals surface area contributed by atoms with Crippen molar-refractivity contribution in [2.24, 2.45) is 7.05 Å². The fraction of sp³-hybridized carbons (Fsp3) is 0.400. The van der Waals surface area contributed by atoms with Crippen LogP contribution in [0.3, 0.4) is 0 Å². The van der Waals surface area contributed by atoms with Gasteiger partial charge in [-0.3, -0.25) is 4.68 Å². The number of anilines is 1. The Balaban J connectivity index is 2.31. The summed E-state index contributed by atoms with van der Waals surface area (Å²) in [7, 11) is 5.59. The van der Waals surface area contributed by atoms with E-state index >= 15 is 0 Å². The lowest BCUT2D eigenvalue weighted by molar-refractivity contribution is 0.690. The zero-order chi connectivity index (χ0) is 13.3. The molecule has 0 saturated carbocycles. The van der Waals surface area contributed by atoms with E-state index in [1.54, 1.807) is 9.58 Å². The number of halogens is 1. The minimum atomic E-state index is 0.190. The van der Waals surface area contributed by atoms with Gasteiger partial charge in [0, 0.05) is 21.1 Å². The van der Waals surface area contributed by atoms with E-state index in [0.29, 0.717) is 11.1 Å². The summed E-state index contributed by atoms with van der Waals surface area (Å²) in [5.74, 6) is 0.538. The Kier molecular flexibility index (Phi) is 3.72. The largest absolute Gasteiger partial charge is 0.347 e. The molecule has 0 atom stereocenters. The van der Waals surface area contributed by atoms with Gasteiger partial charge in [-0.2, -0.15) is 20.1 Å². The third kappa shape index (κ3) is 2.91. The normalized spacial score (nSPS) is 10.7. The molecule has 0 radical (unpaired) electrons. The number of hydrogen-bond acceptors (Lipinski definition) is 6. The second-order valence-corrected chi connectivity index (χ2v) is 5.26. The van der Waals surface area contributed by atoms with Gasteiger partial charge in [0.2, 0.25) is 11.2 Å². The van der Waals surface area contributed by atoms with Gasteiger partial charge in [0.15, 0.2) is 5.16 Å². The molecule has 0 aromatic carbocycles. The Bertz CT molecular complexity index is 567. The lowest BCUT2D eigenvalue weighted by Gasteiger charge is -2.10. The maximum Gasteiger partial charge on any atom is 0.230 e. The molecular formula is C10H13ClN6S. The Hall–Kier alpha value is -1.34. The predicted octanol–water partition coefficient (Wildman–Crippen LogP) is 1.78. The summed E-state index contributed by atoms with van der Waals surface area (Å²) in [6.45, 7) is 1.94. The van der Waals surface area contributed by atoms with E-state index in [1.165, 1.54) is 11.8 Å². The van der Waals surface area contributed by atoms with Crippen LogP contribution in [0.5, 0.6) is 0 Å². The van der Waals surface area contributed by atoms with Gasteiger partial charge in [-0.05, 0) is 36.4 Å². The van der Waals surface area contributed by atoms with Crippen molar-refractivity contribution in [1.29, 1.82) is 0 Å². The first-order valence-electron chi connectivity index (χ1n) is 5.23. The van der Waals surface area contributed by atoms with Crippen LogP contribution in [0.1, 0.15) is 5.69 Å². The highest BCUT2D eigenvalue weighted by atomic mass is 35.5. The molecular weight excluding hydrogens is 272 g/mol. The summed E-state index contributed by atoms with van der Waals surface area (Å²) in [5.41, 5.74) is 0.952. The van der Waals surface area contributed by atoms with Crippen LogP contribution in [0.4, 0.5) is 5.95 Å². The van der Waals surface area contributed by atoms with Crippen LogP contribution in [0.25, 0.3) is 0 Å². The molecule has 2 rings (SSSR count). The summed E-state index contributed by atoms with van der Waals surface area (Å²) in [5, 5.41) is 5.97. The molecule has 0 aliphatic carbocycles. The Labute approximate surface area is 114 Å². The van der Waals surface area contributed by atoms with E-state index in [4.69, 9.17) is 11.6 Å². The molecule has 8 heteroatoms.